The SMILES string of the molecule is CC(C)(C)C(=O)NC1(NC=O)CCC1. The van der Waals surface area contributed by atoms with Crippen LogP contribution in [0.5, 0.6) is 0 Å². The molecule has 0 aromatic carbocycles. The molecule has 0 aromatic heterocycles. The Morgan fingerprint density at radius 2 is 1.93 bits per heavy atom. The third kappa shape index (κ3) is 2.25. The Morgan fingerprint density at radius 1 is 1.36 bits per heavy atom. The predicted molar refractivity (Wildman–Crippen MR) is 53.4 cm³/mol. The summed E-state index contributed by atoms with van der Waals surface area (Å²) in [6, 6.07) is 0. The molecule has 1 fully saturated rings. The summed E-state index contributed by atoms with van der Waals surface area (Å²) in [5.41, 5.74) is -0.876. The standard InChI is InChI=1S/C10H18N2O2/c1-9(2,3)8(14)12-10(11-7-13)5-4-6-10/h7H,4-6H2,1-3H3,(H,11,13)(H,12,14). The monoisotopic (exact) mass is 198 g/mol. The molecule has 2 amide bonds. The maximum absolute atomic E-state index is 11.7. The molecule has 1 aliphatic rings. The lowest BCUT2D eigenvalue weighted by atomic mass is 9.83. The van der Waals surface area contributed by atoms with Crippen molar-refractivity contribution in [2.24, 2.45) is 5.41 Å². The molecule has 0 saturated heterocycles. The van der Waals surface area contributed by atoms with E-state index in [0.717, 1.165) is 19.3 Å². The van der Waals surface area contributed by atoms with Gasteiger partial charge in [0.1, 0.15) is 5.66 Å². The number of nitrogens with one attached hydrogen (secondary N) is 2. The van der Waals surface area contributed by atoms with Gasteiger partial charge in [0.25, 0.3) is 0 Å². The molecule has 0 heterocycles. The summed E-state index contributed by atoms with van der Waals surface area (Å²) in [5.74, 6) is -0.0217. The molecule has 80 valence electrons. The van der Waals surface area contributed by atoms with Crippen molar-refractivity contribution in [1.82, 2.24) is 10.6 Å². The van der Waals surface area contributed by atoms with Crippen molar-refractivity contribution in [3.8, 4) is 0 Å². The first-order chi connectivity index (χ1) is 6.40. The summed E-state index contributed by atoms with van der Waals surface area (Å²) in [7, 11) is 0. The Hall–Kier alpha value is -1.06. The van der Waals surface area contributed by atoms with E-state index in [4.69, 9.17) is 0 Å². The minimum absolute atomic E-state index is 0.0217. The zero-order valence-corrected chi connectivity index (χ0v) is 9.02. The molecule has 0 bridgehead atoms. The number of amides is 2. The molecule has 1 aliphatic carbocycles. The Kier molecular flexibility index (Phi) is 2.83. The molecular formula is C10H18N2O2. The van der Waals surface area contributed by atoms with Gasteiger partial charge in [-0.1, -0.05) is 20.8 Å². The summed E-state index contributed by atoms with van der Waals surface area (Å²) in [6.45, 7) is 5.57. The third-order valence-corrected chi connectivity index (χ3v) is 2.58. The highest BCUT2D eigenvalue weighted by molar-refractivity contribution is 5.82. The van der Waals surface area contributed by atoms with Crippen LogP contribution in [-0.4, -0.2) is 18.0 Å². The summed E-state index contributed by atoms with van der Waals surface area (Å²) in [6.07, 6.45) is 3.36. The lowest BCUT2D eigenvalue weighted by Gasteiger charge is -2.43. The van der Waals surface area contributed by atoms with E-state index in [-0.39, 0.29) is 5.91 Å². The number of carbonyl (C=O) groups is 2. The largest absolute Gasteiger partial charge is 0.336 e. The quantitative estimate of drug-likeness (QED) is 0.520. The van der Waals surface area contributed by atoms with E-state index in [2.05, 4.69) is 10.6 Å². The molecule has 0 atom stereocenters. The average Bonchev–Trinajstić information content (AvgIpc) is 1.98. The van der Waals surface area contributed by atoms with Crippen LogP contribution >= 0.6 is 0 Å². The maximum Gasteiger partial charge on any atom is 0.227 e. The Balaban J connectivity index is 2.57. The number of carbonyl (C=O) groups excluding carboxylic acids is 2. The van der Waals surface area contributed by atoms with Crippen LogP contribution in [0.15, 0.2) is 0 Å². The van der Waals surface area contributed by atoms with Gasteiger partial charge in [-0.2, -0.15) is 0 Å². The van der Waals surface area contributed by atoms with Gasteiger partial charge in [-0.25, -0.2) is 0 Å². The van der Waals surface area contributed by atoms with Crippen molar-refractivity contribution >= 4 is 12.3 Å². The molecular weight excluding hydrogens is 180 g/mol. The molecule has 0 unspecified atom stereocenters. The fraction of sp³-hybridized carbons (Fsp3) is 0.800. The van der Waals surface area contributed by atoms with Crippen molar-refractivity contribution in [2.45, 2.75) is 45.7 Å². The van der Waals surface area contributed by atoms with Gasteiger partial charge in [0, 0.05) is 5.41 Å². The Labute approximate surface area is 84.4 Å². The lowest BCUT2D eigenvalue weighted by Crippen LogP contribution is -2.64. The van der Waals surface area contributed by atoms with Gasteiger partial charge >= 0.3 is 0 Å². The van der Waals surface area contributed by atoms with Gasteiger partial charge in [-0.3, -0.25) is 9.59 Å². The van der Waals surface area contributed by atoms with E-state index in [1.807, 2.05) is 20.8 Å². The van der Waals surface area contributed by atoms with Gasteiger partial charge < -0.3 is 10.6 Å². The fourth-order valence-corrected chi connectivity index (χ4v) is 1.35. The van der Waals surface area contributed by atoms with Crippen LogP contribution in [0.1, 0.15) is 40.0 Å². The summed E-state index contributed by atoms with van der Waals surface area (Å²) in [4.78, 5) is 22.1. The van der Waals surface area contributed by atoms with E-state index in [0.29, 0.717) is 6.41 Å². The smallest absolute Gasteiger partial charge is 0.227 e. The highest BCUT2D eigenvalue weighted by atomic mass is 16.2. The lowest BCUT2D eigenvalue weighted by molar-refractivity contribution is -0.133. The topological polar surface area (TPSA) is 58.2 Å². The van der Waals surface area contributed by atoms with Gasteiger partial charge in [-0.05, 0) is 19.3 Å². The van der Waals surface area contributed by atoms with Crippen LogP contribution in [0.3, 0.4) is 0 Å². The Morgan fingerprint density at radius 3 is 2.21 bits per heavy atom. The molecule has 1 saturated carbocycles. The second kappa shape index (κ2) is 3.59. The molecule has 0 spiro atoms. The summed E-state index contributed by atoms with van der Waals surface area (Å²) < 4.78 is 0. The second-order valence-corrected chi connectivity index (χ2v) is 4.90. The first kappa shape index (κ1) is 11.0. The van der Waals surface area contributed by atoms with E-state index in [9.17, 15) is 9.59 Å². The molecule has 4 heteroatoms. The third-order valence-electron chi connectivity index (χ3n) is 2.58. The van der Waals surface area contributed by atoms with Crippen molar-refractivity contribution in [2.75, 3.05) is 0 Å². The van der Waals surface area contributed by atoms with Gasteiger partial charge in [0.15, 0.2) is 0 Å². The van der Waals surface area contributed by atoms with Gasteiger partial charge in [0.2, 0.25) is 12.3 Å². The number of hydrogen-bond donors (Lipinski definition) is 2. The average molecular weight is 198 g/mol. The highest BCUT2D eigenvalue weighted by Crippen LogP contribution is 2.30. The molecule has 2 N–H and O–H groups in total. The first-order valence-corrected chi connectivity index (χ1v) is 4.94. The first-order valence-electron chi connectivity index (χ1n) is 4.94. The van der Waals surface area contributed by atoms with Crippen LogP contribution in [0.2, 0.25) is 0 Å². The number of rotatable bonds is 3. The van der Waals surface area contributed by atoms with Crippen LogP contribution < -0.4 is 10.6 Å². The maximum atomic E-state index is 11.7. The molecule has 1 rings (SSSR count). The van der Waals surface area contributed by atoms with Crippen LogP contribution in [0.25, 0.3) is 0 Å². The predicted octanol–water partition coefficient (Wildman–Crippen LogP) is 0.775. The minimum Gasteiger partial charge on any atom is -0.336 e. The zero-order chi connectivity index (χ0) is 10.8. The van der Waals surface area contributed by atoms with Crippen molar-refractivity contribution in [3.05, 3.63) is 0 Å². The van der Waals surface area contributed by atoms with Crippen molar-refractivity contribution in [1.29, 1.82) is 0 Å². The van der Waals surface area contributed by atoms with Crippen LogP contribution in [0, 0.1) is 5.41 Å². The molecule has 0 aliphatic heterocycles. The van der Waals surface area contributed by atoms with Crippen molar-refractivity contribution < 1.29 is 9.59 Å². The fourth-order valence-electron chi connectivity index (χ4n) is 1.35. The van der Waals surface area contributed by atoms with E-state index >= 15 is 0 Å². The summed E-state index contributed by atoms with van der Waals surface area (Å²) >= 11 is 0. The van der Waals surface area contributed by atoms with Gasteiger partial charge in [-0.15, -0.1) is 0 Å². The Bertz CT molecular complexity index is 239. The van der Waals surface area contributed by atoms with E-state index in [1.54, 1.807) is 0 Å². The van der Waals surface area contributed by atoms with E-state index < -0.39 is 11.1 Å². The van der Waals surface area contributed by atoms with E-state index in [1.165, 1.54) is 0 Å². The minimum atomic E-state index is -0.466. The highest BCUT2D eigenvalue weighted by Gasteiger charge is 2.39. The zero-order valence-electron chi connectivity index (χ0n) is 9.02. The molecule has 0 aromatic rings. The van der Waals surface area contributed by atoms with Crippen molar-refractivity contribution in [3.63, 3.8) is 0 Å². The van der Waals surface area contributed by atoms with Crippen LogP contribution in [0.4, 0.5) is 0 Å². The molecule has 0 radical (unpaired) electrons. The summed E-state index contributed by atoms with van der Waals surface area (Å²) in [5, 5.41) is 5.58. The van der Waals surface area contributed by atoms with Crippen LogP contribution in [-0.2, 0) is 9.59 Å². The number of hydrogen-bond acceptors (Lipinski definition) is 2. The molecule has 14 heavy (non-hydrogen) atoms. The van der Waals surface area contributed by atoms with Gasteiger partial charge in [0.05, 0.1) is 0 Å². The normalized spacial score (nSPS) is 19.4. The second-order valence-electron chi connectivity index (χ2n) is 4.90. The molecule has 4 nitrogen and oxygen atoms in total.